The van der Waals surface area contributed by atoms with Gasteiger partial charge in [0.15, 0.2) is 0 Å². The van der Waals surface area contributed by atoms with Crippen LogP contribution in [-0.2, 0) is 9.59 Å². The molecule has 0 unspecified atom stereocenters. The number of nitro benzene ring substituents is 1. The Hall–Kier alpha value is -2.44. The van der Waals surface area contributed by atoms with E-state index in [0.717, 1.165) is 25.7 Å². The quantitative estimate of drug-likeness (QED) is 0.491. The van der Waals surface area contributed by atoms with Crippen molar-refractivity contribution in [1.82, 2.24) is 0 Å². The van der Waals surface area contributed by atoms with E-state index in [1.165, 1.54) is 24.3 Å². The molecule has 0 aliphatic heterocycles. The largest absolute Gasteiger partial charge is 0.481 e. The molecule has 0 heterocycles. The number of rotatable bonds is 5. The van der Waals surface area contributed by atoms with Gasteiger partial charge in [-0.1, -0.05) is 25.7 Å². The van der Waals surface area contributed by atoms with Gasteiger partial charge in [-0.25, -0.2) is 0 Å². The monoisotopic (exact) mass is 320 g/mol. The Balaban J connectivity index is 2.04. The van der Waals surface area contributed by atoms with Gasteiger partial charge in [-0.05, 0) is 25.0 Å². The van der Waals surface area contributed by atoms with Crippen molar-refractivity contribution in [3.05, 3.63) is 34.4 Å². The third-order valence-electron chi connectivity index (χ3n) is 4.38. The summed E-state index contributed by atoms with van der Waals surface area (Å²) >= 11 is 0. The molecule has 1 fully saturated rings. The number of carbonyl (C=O) groups excluding carboxylic acids is 1. The summed E-state index contributed by atoms with van der Waals surface area (Å²) in [5, 5.41) is 22.8. The fourth-order valence-corrected chi connectivity index (χ4v) is 3.05. The Morgan fingerprint density at radius 1 is 1.13 bits per heavy atom. The first kappa shape index (κ1) is 16.9. The molecule has 1 aliphatic rings. The molecule has 1 saturated carbocycles. The average molecular weight is 320 g/mol. The lowest BCUT2D eigenvalue weighted by Crippen LogP contribution is -2.35. The summed E-state index contributed by atoms with van der Waals surface area (Å²) in [5.41, 5.74) is -0.634. The van der Waals surface area contributed by atoms with Crippen molar-refractivity contribution in [2.75, 3.05) is 5.32 Å². The van der Waals surface area contributed by atoms with Crippen molar-refractivity contribution in [3.8, 4) is 0 Å². The lowest BCUT2D eigenvalue weighted by molar-refractivity contribution is -0.384. The lowest BCUT2D eigenvalue weighted by atomic mass is 9.77. The summed E-state index contributed by atoms with van der Waals surface area (Å²) in [6.45, 7) is 0. The molecule has 0 atom stereocenters. The normalized spacial score (nSPS) is 17.0. The van der Waals surface area contributed by atoms with Crippen LogP contribution in [0.5, 0.6) is 0 Å². The van der Waals surface area contributed by atoms with Crippen LogP contribution in [0.2, 0.25) is 0 Å². The zero-order chi connectivity index (χ0) is 16.9. The number of nitrogens with zero attached hydrogens (tertiary/aromatic N) is 1. The van der Waals surface area contributed by atoms with E-state index in [4.69, 9.17) is 0 Å². The van der Waals surface area contributed by atoms with Gasteiger partial charge < -0.3 is 10.4 Å². The molecule has 1 amide bonds. The molecule has 1 aliphatic carbocycles. The van der Waals surface area contributed by atoms with Crippen LogP contribution in [0.1, 0.15) is 44.9 Å². The first-order chi connectivity index (χ1) is 10.9. The number of carboxylic acids is 1. The van der Waals surface area contributed by atoms with Crippen LogP contribution in [-0.4, -0.2) is 21.9 Å². The first-order valence-electron chi connectivity index (χ1n) is 7.71. The van der Waals surface area contributed by atoms with Crippen molar-refractivity contribution < 1.29 is 19.6 Å². The van der Waals surface area contributed by atoms with E-state index in [1.807, 2.05) is 0 Å². The predicted molar refractivity (Wildman–Crippen MR) is 84.1 cm³/mol. The van der Waals surface area contributed by atoms with Gasteiger partial charge in [0.1, 0.15) is 0 Å². The molecule has 0 spiro atoms. The molecule has 0 aromatic heterocycles. The van der Waals surface area contributed by atoms with Gasteiger partial charge in [0, 0.05) is 24.2 Å². The van der Waals surface area contributed by atoms with Crippen molar-refractivity contribution in [1.29, 1.82) is 0 Å². The molecule has 2 rings (SSSR count). The number of nitro groups is 1. The highest BCUT2D eigenvalue weighted by molar-refractivity contribution is 5.94. The van der Waals surface area contributed by atoms with Gasteiger partial charge in [-0.15, -0.1) is 0 Å². The molecule has 124 valence electrons. The lowest BCUT2D eigenvalue weighted by Gasteiger charge is -2.27. The van der Waals surface area contributed by atoms with Crippen molar-refractivity contribution in [2.24, 2.45) is 5.41 Å². The minimum atomic E-state index is -0.999. The molecule has 7 nitrogen and oxygen atoms in total. The third kappa shape index (κ3) is 4.28. The Morgan fingerprint density at radius 3 is 2.17 bits per heavy atom. The Kier molecular flexibility index (Phi) is 5.31. The molecule has 1 aromatic rings. The molecule has 7 heteroatoms. The molecule has 0 saturated heterocycles. The maximum Gasteiger partial charge on any atom is 0.310 e. The molecular formula is C16H20N2O5. The van der Waals surface area contributed by atoms with E-state index in [1.54, 1.807) is 0 Å². The second-order valence-electron chi connectivity index (χ2n) is 6.03. The second kappa shape index (κ2) is 7.21. The summed E-state index contributed by atoms with van der Waals surface area (Å²) < 4.78 is 0. The number of hydrogen-bond acceptors (Lipinski definition) is 4. The first-order valence-corrected chi connectivity index (χ1v) is 7.71. The number of aliphatic carboxylic acids is 1. The summed E-state index contributed by atoms with van der Waals surface area (Å²) in [4.78, 5) is 34.0. The van der Waals surface area contributed by atoms with E-state index in [-0.39, 0.29) is 18.0 Å². The topological polar surface area (TPSA) is 110 Å². The summed E-state index contributed by atoms with van der Waals surface area (Å²) in [7, 11) is 0. The zero-order valence-corrected chi connectivity index (χ0v) is 12.8. The van der Waals surface area contributed by atoms with Crippen LogP contribution in [0.25, 0.3) is 0 Å². The molecule has 1 aromatic carbocycles. The number of carbonyl (C=O) groups is 2. The number of benzene rings is 1. The number of anilines is 1. The summed E-state index contributed by atoms with van der Waals surface area (Å²) in [6.07, 6.45) is 4.58. The van der Waals surface area contributed by atoms with E-state index >= 15 is 0 Å². The van der Waals surface area contributed by atoms with Crippen LogP contribution in [0.15, 0.2) is 24.3 Å². The van der Waals surface area contributed by atoms with Gasteiger partial charge in [-0.3, -0.25) is 19.7 Å². The Morgan fingerprint density at radius 2 is 1.70 bits per heavy atom. The van der Waals surface area contributed by atoms with Crippen molar-refractivity contribution >= 4 is 23.3 Å². The van der Waals surface area contributed by atoms with Crippen LogP contribution in [0.3, 0.4) is 0 Å². The number of carboxylic acid groups (broad SMARTS) is 1. The third-order valence-corrected chi connectivity index (χ3v) is 4.38. The molecule has 0 radical (unpaired) electrons. The van der Waals surface area contributed by atoms with E-state index in [0.29, 0.717) is 18.5 Å². The minimum absolute atomic E-state index is 0.0613. The Bertz CT molecular complexity index is 589. The highest BCUT2D eigenvalue weighted by atomic mass is 16.6. The SMILES string of the molecule is O=C(CC1(C(=O)O)CCCCCC1)Nc1ccc([N+](=O)[O-])cc1. The average Bonchev–Trinajstić information content (AvgIpc) is 2.74. The van der Waals surface area contributed by atoms with Crippen LogP contribution >= 0.6 is 0 Å². The van der Waals surface area contributed by atoms with Crippen LogP contribution < -0.4 is 5.32 Å². The second-order valence-corrected chi connectivity index (χ2v) is 6.03. The number of amides is 1. The minimum Gasteiger partial charge on any atom is -0.481 e. The number of hydrogen-bond donors (Lipinski definition) is 2. The van der Waals surface area contributed by atoms with Gasteiger partial charge in [-0.2, -0.15) is 0 Å². The highest BCUT2D eigenvalue weighted by Gasteiger charge is 2.40. The maximum absolute atomic E-state index is 12.2. The van der Waals surface area contributed by atoms with Gasteiger partial charge in [0.05, 0.1) is 10.3 Å². The van der Waals surface area contributed by atoms with Gasteiger partial charge in [0.25, 0.3) is 5.69 Å². The molecule has 0 bridgehead atoms. The standard InChI is InChI=1S/C16H20N2O5/c19-14(17-12-5-7-13(8-6-12)18(22)23)11-16(15(20)21)9-3-1-2-4-10-16/h5-8H,1-4,9-11H2,(H,17,19)(H,20,21). The molecule has 2 N–H and O–H groups in total. The summed E-state index contributed by atoms with van der Waals surface area (Å²) in [6, 6.07) is 5.48. The van der Waals surface area contributed by atoms with Crippen molar-refractivity contribution in [2.45, 2.75) is 44.9 Å². The van der Waals surface area contributed by atoms with Crippen LogP contribution in [0.4, 0.5) is 11.4 Å². The fourth-order valence-electron chi connectivity index (χ4n) is 3.05. The fraction of sp³-hybridized carbons (Fsp3) is 0.500. The smallest absolute Gasteiger partial charge is 0.310 e. The zero-order valence-electron chi connectivity index (χ0n) is 12.8. The number of non-ortho nitro benzene ring substituents is 1. The molecule has 23 heavy (non-hydrogen) atoms. The molecular weight excluding hydrogens is 300 g/mol. The van der Waals surface area contributed by atoms with E-state index < -0.39 is 16.3 Å². The Labute approximate surface area is 133 Å². The highest BCUT2D eigenvalue weighted by Crippen LogP contribution is 2.38. The van der Waals surface area contributed by atoms with Crippen molar-refractivity contribution in [3.63, 3.8) is 0 Å². The van der Waals surface area contributed by atoms with Gasteiger partial charge in [0.2, 0.25) is 5.91 Å². The van der Waals surface area contributed by atoms with E-state index in [2.05, 4.69) is 5.32 Å². The van der Waals surface area contributed by atoms with E-state index in [9.17, 15) is 24.8 Å². The van der Waals surface area contributed by atoms with Crippen LogP contribution in [0, 0.1) is 15.5 Å². The number of nitrogens with one attached hydrogen (secondary N) is 1. The summed E-state index contributed by atoms with van der Waals surface area (Å²) in [5.74, 6) is -1.29. The van der Waals surface area contributed by atoms with Gasteiger partial charge >= 0.3 is 5.97 Å². The maximum atomic E-state index is 12.2. The predicted octanol–water partition coefficient (Wildman–Crippen LogP) is 3.35.